The zero-order valence-corrected chi connectivity index (χ0v) is 12.5. The lowest BCUT2D eigenvalue weighted by Crippen LogP contribution is -2.45. The summed E-state index contributed by atoms with van der Waals surface area (Å²) in [7, 11) is 0. The second-order valence-electron chi connectivity index (χ2n) is 5.07. The van der Waals surface area contributed by atoms with Crippen LogP contribution in [0.2, 0.25) is 0 Å². The molecular weight excluding hydrogens is 244 g/mol. The molecule has 1 N–H and O–H groups in total. The van der Waals surface area contributed by atoms with E-state index in [0.29, 0.717) is 6.04 Å². The quantitative estimate of drug-likeness (QED) is 0.828. The molecule has 1 aliphatic rings. The highest BCUT2D eigenvalue weighted by molar-refractivity contribution is 7.80. The first-order chi connectivity index (χ1) is 8.52. The summed E-state index contributed by atoms with van der Waals surface area (Å²) in [4.78, 5) is 6.88. The summed E-state index contributed by atoms with van der Waals surface area (Å²) in [6, 6.07) is 0.383. The SMILES string of the molecule is CCn1c(C)nc2c1CCN(C(=S)NC(C)C)C2. The van der Waals surface area contributed by atoms with E-state index in [9.17, 15) is 0 Å². The minimum Gasteiger partial charge on any atom is -0.360 e. The zero-order valence-electron chi connectivity index (χ0n) is 11.7. The summed E-state index contributed by atoms with van der Waals surface area (Å²) in [6.07, 6.45) is 1.03. The van der Waals surface area contributed by atoms with Gasteiger partial charge in [0.05, 0.1) is 12.2 Å². The van der Waals surface area contributed by atoms with Crippen LogP contribution in [-0.4, -0.2) is 32.2 Å². The molecule has 0 amide bonds. The zero-order chi connectivity index (χ0) is 13.3. The average molecular weight is 266 g/mol. The second kappa shape index (κ2) is 5.26. The Morgan fingerprint density at radius 3 is 2.83 bits per heavy atom. The molecule has 1 aromatic rings. The molecule has 5 heteroatoms. The molecule has 0 unspecified atom stereocenters. The van der Waals surface area contributed by atoms with Gasteiger partial charge in [-0.1, -0.05) is 0 Å². The van der Waals surface area contributed by atoms with Crippen LogP contribution in [0, 0.1) is 6.92 Å². The van der Waals surface area contributed by atoms with E-state index in [2.05, 4.69) is 47.5 Å². The third-order valence-electron chi connectivity index (χ3n) is 3.32. The molecule has 4 nitrogen and oxygen atoms in total. The van der Waals surface area contributed by atoms with E-state index in [0.717, 1.165) is 37.0 Å². The topological polar surface area (TPSA) is 33.1 Å². The van der Waals surface area contributed by atoms with Gasteiger partial charge in [-0.05, 0) is 39.9 Å². The van der Waals surface area contributed by atoms with Gasteiger partial charge < -0.3 is 14.8 Å². The van der Waals surface area contributed by atoms with Crippen molar-refractivity contribution in [3.8, 4) is 0 Å². The third kappa shape index (κ3) is 2.51. The van der Waals surface area contributed by atoms with Crippen molar-refractivity contribution in [2.75, 3.05) is 6.54 Å². The smallest absolute Gasteiger partial charge is 0.169 e. The number of thiocarbonyl (C=S) groups is 1. The van der Waals surface area contributed by atoms with E-state index in [4.69, 9.17) is 12.2 Å². The number of fused-ring (bicyclic) bond motifs is 1. The maximum absolute atomic E-state index is 5.43. The van der Waals surface area contributed by atoms with Crippen LogP contribution in [0.15, 0.2) is 0 Å². The molecule has 2 heterocycles. The highest BCUT2D eigenvalue weighted by Crippen LogP contribution is 2.20. The number of nitrogens with zero attached hydrogens (tertiary/aromatic N) is 3. The van der Waals surface area contributed by atoms with Crippen LogP contribution in [0.25, 0.3) is 0 Å². The van der Waals surface area contributed by atoms with E-state index in [1.165, 1.54) is 11.4 Å². The van der Waals surface area contributed by atoms with Crippen LogP contribution in [0.1, 0.15) is 38.0 Å². The van der Waals surface area contributed by atoms with E-state index in [1.807, 2.05) is 0 Å². The first-order valence-electron chi connectivity index (χ1n) is 6.63. The highest BCUT2D eigenvalue weighted by atomic mass is 32.1. The predicted molar refractivity (Wildman–Crippen MR) is 77.6 cm³/mol. The first kappa shape index (κ1) is 13.3. The molecule has 0 atom stereocenters. The number of hydrogen-bond donors (Lipinski definition) is 1. The van der Waals surface area contributed by atoms with Crippen molar-refractivity contribution >= 4 is 17.3 Å². The molecule has 1 aromatic heterocycles. The molecule has 0 radical (unpaired) electrons. The van der Waals surface area contributed by atoms with Gasteiger partial charge in [-0.2, -0.15) is 0 Å². The van der Waals surface area contributed by atoms with Gasteiger partial charge in [-0.25, -0.2) is 4.98 Å². The van der Waals surface area contributed by atoms with Crippen molar-refractivity contribution in [1.29, 1.82) is 0 Å². The van der Waals surface area contributed by atoms with E-state index >= 15 is 0 Å². The summed E-state index contributed by atoms with van der Waals surface area (Å²) in [5.41, 5.74) is 2.58. The molecule has 0 saturated heterocycles. The summed E-state index contributed by atoms with van der Waals surface area (Å²) in [5.74, 6) is 1.12. The monoisotopic (exact) mass is 266 g/mol. The molecule has 0 spiro atoms. The molecule has 0 bridgehead atoms. The van der Waals surface area contributed by atoms with Crippen LogP contribution in [0.5, 0.6) is 0 Å². The summed E-state index contributed by atoms with van der Waals surface area (Å²) < 4.78 is 2.31. The maximum atomic E-state index is 5.43. The minimum atomic E-state index is 0.383. The summed E-state index contributed by atoms with van der Waals surface area (Å²) in [5, 5.41) is 4.15. The van der Waals surface area contributed by atoms with Gasteiger partial charge in [0.15, 0.2) is 5.11 Å². The van der Waals surface area contributed by atoms with Crippen molar-refractivity contribution in [3.63, 3.8) is 0 Å². The number of hydrogen-bond acceptors (Lipinski definition) is 2. The van der Waals surface area contributed by atoms with Gasteiger partial charge in [0.2, 0.25) is 0 Å². The largest absolute Gasteiger partial charge is 0.360 e. The number of aryl methyl sites for hydroxylation is 1. The van der Waals surface area contributed by atoms with Gasteiger partial charge in [0.1, 0.15) is 5.82 Å². The Balaban J connectivity index is 2.13. The number of nitrogens with one attached hydrogen (secondary N) is 1. The van der Waals surface area contributed by atoms with Crippen molar-refractivity contribution in [2.24, 2.45) is 0 Å². The minimum absolute atomic E-state index is 0.383. The van der Waals surface area contributed by atoms with Gasteiger partial charge in [-0.15, -0.1) is 0 Å². The standard InChI is InChI=1S/C13H22N4S/c1-5-17-10(4)15-11-8-16(7-6-12(11)17)13(18)14-9(2)3/h9H,5-8H2,1-4H3,(H,14,18). The Morgan fingerprint density at radius 2 is 2.22 bits per heavy atom. The first-order valence-corrected chi connectivity index (χ1v) is 7.04. The van der Waals surface area contributed by atoms with Crippen LogP contribution in [-0.2, 0) is 19.5 Å². The molecule has 100 valence electrons. The highest BCUT2D eigenvalue weighted by Gasteiger charge is 2.23. The van der Waals surface area contributed by atoms with Crippen LogP contribution in [0.4, 0.5) is 0 Å². The van der Waals surface area contributed by atoms with Crippen LogP contribution < -0.4 is 5.32 Å². The van der Waals surface area contributed by atoms with Crippen molar-refractivity contribution < 1.29 is 0 Å². The number of rotatable bonds is 2. The van der Waals surface area contributed by atoms with Gasteiger partial charge in [0.25, 0.3) is 0 Å². The molecule has 0 aromatic carbocycles. The fourth-order valence-corrected chi connectivity index (χ4v) is 2.90. The lowest BCUT2D eigenvalue weighted by molar-refractivity contribution is 0.372. The summed E-state index contributed by atoms with van der Waals surface area (Å²) in [6.45, 7) is 11.3. The molecule has 18 heavy (non-hydrogen) atoms. The Bertz CT molecular complexity index is 450. The van der Waals surface area contributed by atoms with Gasteiger partial charge in [-0.3, -0.25) is 0 Å². The molecule has 0 saturated carbocycles. The Hall–Kier alpha value is -1.10. The molecule has 2 rings (SSSR count). The molecule has 0 aliphatic carbocycles. The Labute approximate surface area is 114 Å². The molecular formula is C13H22N4S. The summed E-state index contributed by atoms with van der Waals surface area (Å²) >= 11 is 5.43. The van der Waals surface area contributed by atoms with E-state index in [1.54, 1.807) is 0 Å². The van der Waals surface area contributed by atoms with Gasteiger partial charge >= 0.3 is 0 Å². The number of imidazole rings is 1. The maximum Gasteiger partial charge on any atom is 0.169 e. The molecule has 0 fully saturated rings. The molecule has 1 aliphatic heterocycles. The van der Waals surface area contributed by atoms with Crippen LogP contribution in [0.3, 0.4) is 0 Å². The lowest BCUT2D eigenvalue weighted by Gasteiger charge is -2.30. The fourth-order valence-electron chi connectivity index (χ4n) is 2.51. The second-order valence-corrected chi connectivity index (χ2v) is 5.46. The lowest BCUT2D eigenvalue weighted by atomic mass is 10.1. The van der Waals surface area contributed by atoms with Crippen LogP contribution >= 0.6 is 12.2 Å². The predicted octanol–water partition coefficient (Wildman–Crippen LogP) is 1.85. The Morgan fingerprint density at radius 1 is 1.50 bits per heavy atom. The third-order valence-corrected chi connectivity index (χ3v) is 3.70. The van der Waals surface area contributed by atoms with Crippen molar-refractivity contribution in [3.05, 3.63) is 17.2 Å². The number of aromatic nitrogens is 2. The fraction of sp³-hybridized carbons (Fsp3) is 0.692. The Kier molecular flexibility index (Phi) is 3.90. The van der Waals surface area contributed by atoms with Crippen molar-refractivity contribution in [2.45, 2.75) is 53.2 Å². The van der Waals surface area contributed by atoms with Gasteiger partial charge in [0, 0.05) is 31.2 Å². The van der Waals surface area contributed by atoms with E-state index in [-0.39, 0.29) is 0 Å². The van der Waals surface area contributed by atoms with Crippen molar-refractivity contribution in [1.82, 2.24) is 19.8 Å². The van der Waals surface area contributed by atoms with E-state index < -0.39 is 0 Å². The average Bonchev–Trinajstić information content (AvgIpc) is 2.62. The normalized spacial score (nSPS) is 14.8.